The van der Waals surface area contributed by atoms with Crippen LogP contribution in [-0.2, 0) is 19.1 Å². The van der Waals surface area contributed by atoms with E-state index in [9.17, 15) is 18.0 Å². The zero-order chi connectivity index (χ0) is 15.0. The molecule has 1 aliphatic heterocycles. The van der Waals surface area contributed by atoms with Gasteiger partial charge in [-0.05, 0) is 12.1 Å². The molecule has 0 unspecified atom stereocenters. The first-order chi connectivity index (χ1) is 9.95. The maximum absolute atomic E-state index is 12.4. The Morgan fingerprint density at radius 2 is 2.10 bits per heavy atom. The van der Waals surface area contributed by atoms with Gasteiger partial charge in [0.05, 0.1) is 18.3 Å². The third-order valence-electron chi connectivity index (χ3n) is 3.29. The molecule has 3 heterocycles. The standard InChI is InChI=1S/C13H10F3N3O2/c14-13(15,16)11-2-1-8(5-17-11)12(20)19-4-3-10-9(7-19)6-18-21-10/h1-2,5-6H,3-4,7H2. The van der Waals surface area contributed by atoms with Gasteiger partial charge in [-0.15, -0.1) is 0 Å². The van der Waals surface area contributed by atoms with E-state index in [1.807, 2.05) is 0 Å². The smallest absolute Gasteiger partial charge is 0.361 e. The van der Waals surface area contributed by atoms with Crippen molar-refractivity contribution in [3.8, 4) is 0 Å². The zero-order valence-corrected chi connectivity index (χ0v) is 10.7. The summed E-state index contributed by atoms with van der Waals surface area (Å²) in [6, 6.07) is 1.95. The van der Waals surface area contributed by atoms with Crippen LogP contribution in [0.1, 0.15) is 27.4 Å². The molecule has 3 rings (SSSR count). The predicted octanol–water partition coefficient (Wildman–Crippen LogP) is 2.29. The van der Waals surface area contributed by atoms with Gasteiger partial charge in [0.25, 0.3) is 5.91 Å². The number of nitrogens with zero attached hydrogens (tertiary/aromatic N) is 3. The van der Waals surface area contributed by atoms with E-state index < -0.39 is 11.9 Å². The van der Waals surface area contributed by atoms with E-state index in [0.29, 0.717) is 19.5 Å². The fourth-order valence-electron chi connectivity index (χ4n) is 2.18. The molecule has 0 aliphatic carbocycles. The Bertz CT molecular complexity index is 664. The van der Waals surface area contributed by atoms with Gasteiger partial charge in [0.2, 0.25) is 0 Å². The average molecular weight is 297 g/mol. The second kappa shape index (κ2) is 4.87. The molecular formula is C13H10F3N3O2. The highest BCUT2D eigenvalue weighted by atomic mass is 19.4. The van der Waals surface area contributed by atoms with E-state index in [4.69, 9.17) is 4.52 Å². The van der Waals surface area contributed by atoms with Crippen molar-refractivity contribution in [2.45, 2.75) is 19.1 Å². The van der Waals surface area contributed by atoms with E-state index in [1.165, 1.54) is 4.90 Å². The Morgan fingerprint density at radius 1 is 1.29 bits per heavy atom. The lowest BCUT2D eigenvalue weighted by atomic mass is 10.1. The minimum absolute atomic E-state index is 0.128. The normalized spacial score (nSPS) is 14.9. The Hall–Kier alpha value is -2.38. The first-order valence-electron chi connectivity index (χ1n) is 6.20. The van der Waals surface area contributed by atoms with E-state index in [2.05, 4.69) is 10.1 Å². The molecular weight excluding hydrogens is 287 g/mol. The van der Waals surface area contributed by atoms with Crippen LogP contribution in [0.25, 0.3) is 0 Å². The van der Waals surface area contributed by atoms with Gasteiger partial charge < -0.3 is 9.42 Å². The van der Waals surface area contributed by atoms with Crippen LogP contribution in [0, 0.1) is 0 Å². The molecule has 2 aromatic heterocycles. The number of fused-ring (bicyclic) bond motifs is 1. The van der Waals surface area contributed by atoms with Crippen molar-refractivity contribution < 1.29 is 22.5 Å². The van der Waals surface area contributed by atoms with Gasteiger partial charge in [-0.3, -0.25) is 9.78 Å². The van der Waals surface area contributed by atoms with E-state index in [0.717, 1.165) is 29.7 Å². The van der Waals surface area contributed by atoms with Crippen LogP contribution >= 0.6 is 0 Å². The van der Waals surface area contributed by atoms with Crippen molar-refractivity contribution in [2.24, 2.45) is 0 Å². The lowest BCUT2D eigenvalue weighted by Crippen LogP contribution is -2.35. The molecule has 0 bridgehead atoms. The topological polar surface area (TPSA) is 59.2 Å². The molecule has 0 fully saturated rings. The number of carbonyl (C=O) groups excluding carboxylic acids is 1. The molecule has 5 nitrogen and oxygen atoms in total. The van der Waals surface area contributed by atoms with Gasteiger partial charge >= 0.3 is 6.18 Å². The largest absolute Gasteiger partial charge is 0.433 e. The summed E-state index contributed by atoms with van der Waals surface area (Å²) in [5, 5.41) is 3.66. The third-order valence-corrected chi connectivity index (χ3v) is 3.29. The number of amides is 1. The van der Waals surface area contributed by atoms with Crippen molar-refractivity contribution in [3.05, 3.63) is 47.1 Å². The maximum atomic E-state index is 12.4. The number of hydrogen-bond acceptors (Lipinski definition) is 4. The number of pyridine rings is 1. The van der Waals surface area contributed by atoms with Crippen LogP contribution in [0.4, 0.5) is 13.2 Å². The highest BCUT2D eigenvalue weighted by molar-refractivity contribution is 5.94. The molecule has 0 atom stereocenters. The number of rotatable bonds is 1. The average Bonchev–Trinajstić information content (AvgIpc) is 2.93. The van der Waals surface area contributed by atoms with Crippen molar-refractivity contribution >= 4 is 5.91 Å². The molecule has 8 heteroatoms. The zero-order valence-electron chi connectivity index (χ0n) is 10.7. The summed E-state index contributed by atoms with van der Waals surface area (Å²) in [5.41, 5.74) is -0.0728. The van der Waals surface area contributed by atoms with E-state index >= 15 is 0 Å². The van der Waals surface area contributed by atoms with Gasteiger partial charge in [0.1, 0.15) is 11.5 Å². The summed E-state index contributed by atoms with van der Waals surface area (Å²) in [4.78, 5) is 17.1. The Balaban J connectivity index is 1.77. The SMILES string of the molecule is O=C(c1ccc(C(F)(F)F)nc1)N1CCc2oncc2C1. The highest BCUT2D eigenvalue weighted by Gasteiger charge is 2.32. The van der Waals surface area contributed by atoms with Crippen LogP contribution < -0.4 is 0 Å². The van der Waals surface area contributed by atoms with Gasteiger partial charge in [0.15, 0.2) is 0 Å². The second-order valence-corrected chi connectivity index (χ2v) is 4.68. The summed E-state index contributed by atoms with van der Waals surface area (Å²) >= 11 is 0. The molecule has 1 amide bonds. The summed E-state index contributed by atoms with van der Waals surface area (Å²) in [5.74, 6) is 0.382. The molecule has 0 saturated carbocycles. The number of aromatic nitrogens is 2. The molecule has 0 spiro atoms. The Labute approximate surface area is 117 Å². The molecule has 110 valence electrons. The number of carbonyl (C=O) groups is 1. The van der Waals surface area contributed by atoms with E-state index in [1.54, 1.807) is 6.20 Å². The molecule has 2 aromatic rings. The minimum Gasteiger partial charge on any atom is -0.361 e. The van der Waals surface area contributed by atoms with Crippen LogP contribution in [0.15, 0.2) is 29.0 Å². The molecule has 0 aromatic carbocycles. The van der Waals surface area contributed by atoms with Crippen LogP contribution in [-0.4, -0.2) is 27.5 Å². The third kappa shape index (κ3) is 2.61. The lowest BCUT2D eigenvalue weighted by Gasteiger charge is -2.25. The van der Waals surface area contributed by atoms with Crippen LogP contribution in [0.3, 0.4) is 0 Å². The second-order valence-electron chi connectivity index (χ2n) is 4.68. The first-order valence-corrected chi connectivity index (χ1v) is 6.20. The number of halogens is 3. The fourth-order valence-corrected chi connectivity index (χ4v) is 2.18. The lowest BCUT2D eigenvalue weighted by molar-refractivity contribution is -0.141. The first kappa shape index (κ1) is 13.6. The number of hydrogen-bond donors (Lipinski definition) is 0. The molecule has 1 aliphatic rings. The van der Waals surface area contributed by atoms with Crippen molar-refractivity contribution in [3.63, 3.8) is 0 Å². The highest BCUT2D eigenvalue weighted by Crippen LogP contribution is 2.27. The number of alkyl halides is 3. The van der Waals surface area contributed by atoms with Crippen molar-refractivity contribution in [2.75, 3.05) is 6.54 Å². The van der Waals surface area contributed by atoms with Crippen molar-refractivity contribution in [1.82, 2.24) is 15.0 Å². The summed E-state index contributed by atoms with van der Waals surface area (Å²) in [6.45, 7) is 0.765. The Morgan fingerprint density at radius 3 is 2.76 bits per heavy atom. The molecule has 0 N–H and O–H groups in total. The fraction of sp³-hybridized carbons (Fsp3) is 0.308. The van der Waals surface area contributed by atoms with Crippen LogP contribution in [0.5, 0.6) is 0 Å². The van der Waals surface area contributed by atoms with Crippen molar-refractivity contribution in [1.29, 1.82) is 0 Å². The predicted molar refractivity (Wildman–Crippen MR) is 64.2 cm³/mol. The Kier molecular flexibility index (Phi) is 3.15. The maximum Gasteiger partial charge on any atom is 0.433 e. The molecule has 0 radical (unpaired) electrons. The molecule has 21 heavy (non-hydrogen) atoms. The summed E-state index contributed by atoms with van der Waals surface area (Å²) < 4.78 is 42.3. The van der Waals surface area contributed by atoms with Gasteiger partial charge in [-0.2, -0.15) is 13.2 Å². The summed E-state index contributed by atoms with van der Waals surface area (Å²) in [7, 11) is 0. The minimum atomic E-state index is -4.51. The van der Waals surface area contributed by atoms with Gasteiger partial charge in [-0.25, -0.2) is 0 Å². The van der Waals surface area contributed by atoms with E-state index in [-0.39, 0.29) is 11.5 Å². The summed E-state index contributed by atoms with van der Waals surface area (Å²) in [6.07, 6.45) is -1.48. The van der Waals surface area contributed by atoms with Gasteiger partial charge in [-0.1, -0.05) is 5.16 Å². The molecule has 0 saturated heterocycles. The van der Waals surface area contributed by atoms with Gasteiger partial charge in [0, 0.05) is 24.7 Å². The monoisotopic (exact) mass is 297 g/mol. The quantitative estimate of drug-likeness (QED) is 0.810. The van der Waals surface area contributed by atoms with Crippen LogP contribution in [0.2, 0.25) is 0 Å².